The monoisotopic (exact) mass is 305 g/mol. The van der Waals surface area contributed by atoms with Gasteiger partial charge in [0, 0.05) is 25.4 Å². The minimum atomic E-state index is -0.548. The van der Waals surface area contributed by atoms with Gasteiger partial charge in [0.2, 0.25) is 0 Å². The molecular weight excluding hydrogens is 278 g/mol. The summed E-state index contributed by atoms with van der Waals surface area (Å²) in [6, 6.07) is 9.72. The molecule has 0 aromatic heterocycles. The highest BCUT2D eigenvalue weighted by Gasteiger charge is 2.23. The molecule has 0 saturated carbocycles. The zero-order chi connectivity index (χ0) is 16.8. The number of carbonyl (C=O) groups is 2. The lowest BCUT2D eigenvalue weighted by atomic mass is 10.1. The molecule has 1 aromatic carbocycles. The number of nitrogens with zero attached hydrogens (tertiary/aromatic N) is 1. The Hall–Kier alpha value is -1.84. The van der Waals surface area contributed by atoms with Crippen molar-refractivity contribution in [1.82, 2.24) is 4.90 Å². The molecule has 0 heterocycles. The van der Waals surface area contributed by atoms with Crippen LogP contribution in [0.15, 0.2) is 30.3 Å². The van der Waals surface area contributed by atoms with Crippen molar-refractivity contribution in [3.05, 3.63) is 35.9 Å². The maximum atomic E-state index is 12.3. The molecule has 1 rings (SSSR count). The van der Waals surface area contributed by atoms with Crippen LogP contribution in [0.4, 0.5) is 4.79 Å². The van der Waals surface area contributed by atoms with E-state index in [0.717, 1.165) is 5.56 Å². The molecule has 4 nitrogen and oxygen atoms in total. The molecule has 0 unspecified atom stereocenters. The van der Waals surface area contributed by atoms with Gasteiger partial charge >= 0.3 is 6.09 Å². The molecule has 0 fully saturated rings. The van der Waals surface area contributed by atoms with Crippen LogP contribution >= 0.6 is 0 Å². The largest absolute Gasteiger partial charge is 0.444 e. The van der Waals surface area contributed by atoms with E-state index in [9.17, 15) is 9.59 Å². The second-order valence-electron chi connectivity index (χ2n) is 6.76. The Morgan fingerprint density at radius 1 is 1.14 bits per heavy atom. The van der Waals surface area contributed by atoms with Crippen LogP contribution in [-0.2, 0) is 16.1 Å². The zero-order valence-electron chi connectivity index (χ0n) is 14.3. The van der Waals surface area contributed by atoms with Crippen molar-refractivity contribution >= 4 is 11.9 Å². The highest BCUT2D eigenvalue weighted by molar-refractivity contribution is 5.81. The number of ketones is 1. The first kappa shape index (κ1) is 18.2. The fourth-order valence-electron chi connectivity index (χ4n) is 1.90. The summed E-state index contributed by atoms with van der Waals surface area (Å²) in [7, 11) is 0. The van der Waals surface area contributed by atoms with E-state index < -0.39 is 5.60 Å². The first-order valence-electron chi connectivity index (χ1n) is 7.73. The fraction of sp³-hybridized carbons (Fsp3) is 0.556. The molecule has 0 aliphatic carbocycles. The van der Waals surface area contributed by atoms with Crippen LogP contribution < -0.4 is 0 Å². The van der Waals surface area contributed by atoms with E-state index in [1.165, 1.54) is 0 Å². The molecule has 1 aromatic rings. The van der Waals surface area contributed by atoms with E-state index in [4.69, 9.17) is 4.74 Å². The van der Waals surface area contributed by atoms with Gasteiger partial charge < -0.3 is 9.64 Å². The molecule has 122 valence electrons. The smallest absolute Gasteiger partial charge is 0.410 e. The molecule has 0 spiro atoms. The average molecular weight is 305 g/mol. The Bertz CT molecular complexity index is 489. The summed E-state index contributed by atoms with van der Waals surface area (Å²) in [5.74, 6) is 0.138. The summed E-state index contributed by atoms with van der Waals surface area (Å²) < 4.78 is 5.44. The number of carbonyl (C=O) groups excluding carboxylic acids is 2. The third kappa shape index (κ3) is 6.74. The summed E-state index contributed by atoms with van der Waals surface area (Å²) in [5.41, 5.74) is 0.471. The molecule has 0 saturated heterocycles. The van der Waals surface area contributed by atoms with Crippen molar-refractivity contribution in [1.29, 1.82) is 0 Å². The van der Waals surface area contributed by atoms with Crippen LogP contribution in [0.25, 0.3) is 0 Å². The third-order valence-electron chi connectivity index (χ3n) is 3.14. The Morgan fingerprint density at radius 2 is 1.73 bits per heavy atom. The van der Waals surface area contributed by atoms with Crippen LogP contribution in [0.3, 0.4) is 0 Å². The van der Waals surface area contributed by atoms with E-state index in [0.29, 0.717) is 19.5 Å². The van der Waals surface area contributed by atoms with Crippen molar-refractivity contribution in [3.63, 3.8) is 0 Å². The molecule has 0 N–H and O–H groups in total. The first-order chi connectivity index (χ1) is 10.2. The van der Waals surface area contributed by atoms with Gasteiger partial charge in [-0.2, -0.15) is 0 Å². The molecule has 0 bridgehead atoms. The number of hydrogen-bond donors (Lipinski definition) is 0. The van der Waals surface area contributed by atoms with Crippen LogP contribution in [0.5, 0.6) is 0 Å². The summed E-state index contributed by atoms with van der Waals surface area (Å²) in [6.45, 7) is 10.1. The van der Waals surface area contributed by atoms with Gasteiger partial charge in [-0.1, -0.05) is 44.2 Å². The second-order valence-corrected chi connectivity index (χ2v) is 6.76. The lowest BCUT2D eigenvalue weighted by Gasteiger charge is -2.27. The van der Waals surface area contributed by atoms with Crippen molar-refractivity contribution in [2.45, 2.75) is 53.2 Å². The summed E-state index contributed by atoms with van der Waals surface area (Å²) in [4.78, 5) is 25.8. The first-order valence-corrected chi connectivity index (χ1v) is 7.73. The Labute approximate surface area is 133 Å². The quantitative estimate of drug-likeness (QED) is 0.797. The highest BCUT2D eigenvalue weighted by Crippen LogP contribution is 2.14. The minimum absolute atomic E-state index is 0.0165. The number of hydrogen-bond acceptors (Lipinski definition) is 3. The second kappa shape index (κ2) is 7.97. The third-order valence-corrected chi connectivity index (χ3v) is 3.14. The fourth-order valence-corrected chi connectivity index (χ4v) is 1.90. The predicted octanol–water partition coefficient (Wildman–Crippen LogP) is 4.04. The normalized spacial score (nSPS) is 11.4. The van der Waals surface area contributed by atoms with Crippen molar-refractivity contribution < 1.29 is 14.3 Å². The van der Waals surface area contributed by atoms with Gasteiger partial charge in [0.05, 0.1) is 0 Å². The van der Waals surface area contributed by atoms with Crippen molar-refractivity contribution in [2.75, 3.05) is 6.54 Å². The lowest BCUT2D eigenvalue weighted by molar-refractivity contribution is -0.122. The molecule has 22 heavy (non-hydrogen) atoms. The Morgan fingerprint density at radius 3 is 2.23 bits per heavy atom. The van der Waals surface area contributed by atoms with Gasteiger partial charge in [-0.25, -0.2) is 4.79 Å². The summed E-state index contributed by atoms with van der Waals surface area (Å²) in [5, 5.41) is 0. The SMILES string of the molecule is CC(C)C(=O)CCN(Cc1ccccc1)C(=O)OC(C)(C)C. The number of Topliss-reactive ketones (excluding diaryl/α,β-unsaturated/α-hetero) is 1. The Balaban J connectivity index is 2.76. The van der Waals surface area contributed by atoms with Gasteiger partial charge in [-0.05, 0) is 26.3 Å². The number of amides is 1. The maximum absolute atomic E-state index is 12.3. The lowest BCUT2D eigenvalue weighted by Crippen LogP contribution is -2.37. The Kier molecular flexibility index (Phi) is 6.60. The zero-order valence-corrected chi connectivity index (χ0v) is 14.3. The van der Waals surface area contributed by atoms with Crippen molar-refractivity contribution in [2.24, 2.45) is 5.92 Å². The van der Waals surface area contributed by atoms with Gasteiger partial charge in [0.25, 0.3) is 0 Å². The van der Waals surface area contributed by atoms with Crippen LogP contribution in [0.1, 0.15) is 46.6 Å². The van der Waals surface area contributed by atoms with E-state index in [-0.39, 0.29) is 17.8 Å². The average Bonchev–Trinajstić information content (AvgIpc) is 2.42. The molecule has 0 radical (unpaired) electrons. The molecule has 1 amide bonds. The van der Waals surface area contributed by atoms with Crippen LogP contribution in [0.2, 0.25) is 0 Å². The number of ether oxygens (including phenoxy) is 1. The van der Waals surface area contributed by atoms with Crippen LogP contribution in [0, 0.1) is 5.92 Å². The van der Waals surface area contributed by atoms with E-state index >= 15 is 0 Å². The van der Waals surface area contributed by atoms with Crippen molar-refractivity contribution in [3.8, 4) is 0 Å². The molecule has 0 atom stereocenters. The predicted molar refractivity (Wildman–Crippen MR) is 87.5 cm³/mol. The number of rotatable bonds is 6. The molecule has 0 aliphatic rings. The summed E-state index contributed by atoms with van der Waals surface area (Å²) >= 11 is 0. The van der Waals surface area contributed by atoms with Crippen LogP contribution in [-0.4, -0.2) is 28.9 Å². The topological polar surface area (TPSA) is 46.6 Å². The van der Waals surface area contributed by atoms with E-state index in [1.807, 2.05) is 65.0 Å². The molecular formula is C18H27NO3. The minimum Gasteiger partial charge on any atom is -0.444 e. The maximum Gasteiger partial charge on any atom is 0.410 e. The van der Waals surface area contributed by atoms with E-state index in [2.05, 4.69) is 0 Å². The number of benzene rings is 1. The molecule has 0 aliphatic heterocycles. The van der Waals surface area contributed by atoms with Gasteiger partial charge in [-0.15, -0.1) is 0 Å². The van der Waals surface area contributed by atoms with Gasteiger partial charge in [-0.3, -0.25) is 4.79 Å². The van der Waals surface area contributed by atoms with E-state index in [1.54, 1.807) is 4.90 Å². The molecule has 4 heteroatoms. The van der Waals surface area contributed by atoms with Gasteiger partial charge in [0.15, 0.2) is 0 Å². The highest BCUT2D eigenvalue weighted by atomic mass is 16.6. The standard InChI is InChI=1S/C18H27NO3/c1-14(2)16(20)11-12-19(17(21)22-18(3,4)5)13-15-9-7-6-8-10-15/h6-10,14H,11-13H2,1-5H3. The van der Waals surface area contributed by atoms with Gasteiger partial charge in [0.1, 0.15) is 11.4 Å². The summed E-state index contributed by atoms with van der Waals surface area (Å²) in [6.07, 6.45) is -0.0306.